The molecular formula is C2H14CaO6. The minimum Gasteiger partial charge on any atom is -1.00 e. The number of hydrogen-bond acceptors (Lipinski definition) is 1. The van der Waals surface area contributed by atoms with Crippen LogP contribution >= 0.6 is 0 Å². The standard InChI is InChI=1S/C2H4O2.Ca.4H2O.2H/c1-2(3)4;;;;;;;/h1H3,(H,3,4);;4*1H2;;/q;+2;;;;;2*-1. The second-order valence-electron chi connectivity index (χ2n) is 0.519. The van der Waals surface area contributed by atoms with Crippen molar-refractivity contribution in [2.45, 2.75) is 6.92 Å². The number of aliphatic carboxylic acids is 1. The zero-order valence-electron chi connectivity index (χ0n) is 7.06. The van der Waals surface area contributed by atoms with E-state index >= 15 is 0 Å². The fourth-order valence-electron chi connectivity index (χ4n) is 0. The van der Waals surface area contributed by atoms with Crippen LogP contribution in [-0.4, -0.2) is 70.7 Å². The third-order valence-corrected chi connectivity index (χ3v) is 0. The van der Waals surface area contributed by atoms with Gasteiger partial charge < -0.3 is 29.9 Å². The minimum atomic E-state index is -0.833. The summed E-state index contributed by atoms with van der Waals surface area (Å²) in [6.07, 6.45) is 0. The largest absolute Gasteiger partial charge is 2.00 e. The van der Waals surface area contributed by atoms with Crippen LogP contribution in [0.4, 0.5) is 0 Å². The first kappa shape index (κ1) is 55.2. The molecule has 9 N–H and O–H groups in total. The van der Waals surface area contributed by atoms with Crippen molar-refractivity contribution in [2.24, 2.45) is 0 Å². The summed E-state index contributed by atoms with van der Waals surface area (Å²) in [4.78, 5) is 9.00. The Kier molecular flexibility index (Phi) is 236. The molecule has 0 amide bonds. The van der Waals surface area contributed by atoms with Crippen LogP contribution in [0.25, 0.3) is 0 Å². The summed E-state index contributed by atoms with van der Waals surface area (Å²) >= 11 is 0. The van der Waals surface area contributed by atoms with Gasteiger partial charge in [-0.05, 0) is 0 Å². The zero-order chi connectivity index (χ0) is 3.58. The summed E-state index contributed by atoms with van der Waals surface area (Å²) in [5.74, 6) is -0.833. The van der Waals surface area contributed by atoms with Crippen molar-refractivity contribution in [1.82, 2.24) is 0 Å². The average Bonchev–Trinajstić information content (AvgIpc) is 0.811. The van der Waals surface area contributed by atoms with Crippen molar-refractivity contribution in [3.8, 4) is 0 Å². The maximum absolute atomic E-state index is 9.00. The molecular weight excluding hydrogens is 160 g/mol. The van der Waals surface area contributed by atoms with E-state index in [0.717, 1.165) is 6.92 Å². The first-order valence-electron chi connectivity index (χ1n) is 0.928. The number of carboxylic acids is 1. The van der Waals surface area contributed by atoms with Gasteiger partial charge in [-0.1, -0.05) is 0 Å². The van der Waals surface area contributed by atoms with E-state index in [4.69, 9.17) is 9.90 Å². The fraction of sp³-hybridized carbons (Fsp3) is 0.500. The van der Waals surface area contributed by atoms with Gasteiger partial charge in [0.1, 0.15) is 0 Å². The number of rotatable bonds is 0. The van der Waals surface area contributed by atoms with Crippen LogP contribution in [0.3, 0.4) is 0 Å². The van der Waals surface area contributed by atoms with Gasteiger partial charge in [-0.15, -0.1) is 0 Å². The van der Waals surface area contributed by atoms with Gasteiger partial charge in [-0.2, -0.15) is 0 Å². The topological polar surface area (TPSA) is 163 Å². The number of carboxylic acid groups (broad SMARTS) is 1. The monoisotopic (exact) mass is 174 g/mol. The quantitative estimate of drug-likeness (QED) is 0.379. The van der Waals surface area contributed by atoms with Gasteiger partial charge in [0.25, 0.3) is 5.97 Å². The second kappa shape index (κ2) is 38.5. The van der Waals surface area contributed by atoms with E-state index in [9.17, 15) is 0 Å². The molecule has 0 fully saturated rings. The van der Waals surface area contributed by atoms with Gasteiger partial charge in [0.15, 0.2) is 0 Å². The van der Waals surface area contributed by atoms with Crippen molar-refractivity contribution in [2.75, 3.05) is 0 Å². The van der Waals surface area contributed by atoms with Crippen molar-refractivity contribution in [1.29, 1.82) is 0 Å². The third-order valence-electron chi connectivity index (χ3n) is 0. The number of hydrogen-bond donors (Lipinski definition) is 1. The van der Waals surface area contributed by atoms with E-state index < -0.39 is 5.97 Å². The Morgan fingerprint density at radius 2 is 1.22 bits per heavy atom. The van der Waals surface area contributed by atoms with Crippen molar-refractivity contribution >= 4 is 43.7 Å². The molecule has 0 aromatic carbocycles. The van der Waals surface area contributed by atoms with Crippen LogP contribution in [0.15, 0.2) is 0 Å². The van der Waals surface area contributed by atoms with Crippen molar-refractivity contribution in [3.05, 3.63) is 0 Å². The average molecular weight is 174 g/mol. The Labute approximate surface area is 85.1 Å². The molecule has 0 heterocycles. The Morgan fingerprint density at radius 1 is 1.22 bits per heavy atom. The number of carbonyl (C=O) groups is 1. The Morgan fingerprint density at radius 3 is 1.22 bits per heavy atom. The third kappa shape index (κ3) is 1140. The van der Waals surface area contributed by atoms with Crippen LogP contribution in [0.5, 0.6) is 0 Å². The van der Waals surface area contributed by atoms with Gasteiger partial charge in [-0.25, -0.2) is 0 Å². The fourth-order valence-corrected chi connectivity index (χ4v) is 0. The van der Waals surface area contributed by atoms with Crippen LogP contribution in [0.2, 0.25) is 0 Å². The van der Waals surface area contributed by atoms with Crippen LogP contribution in [0, 0.1) is 0 Å². The molecule has 0 aliphatic carbocycles. The molecule has 0 aromatic rings. The molecule has 0 radical (unpaired) electrons. The molecule has 0 rings (SSSR count). The molecule has 60 valence electrons. The SMILES string of the molecule is CC(=O)O.O.O.O.O.[Ca+2].[H-].[H-]. The Balaban J connectivity index is -0.00000000214. The maximum Gasteiger partial charge on any atom is 2.00 e. The summed E-state index contributed by atoms with van der Waals surface area (Å²) in [5.41, 5.74) is 0. The molecule has 0 aliphatic heterocycles. The second-order valence-corrected chi connectivity index (χ2v) is 0.519. The molecule has 0 saturated carbocycles. The Bertz CT molecular complexity index is 41.6. The van der Waals surface area contributed by atoms with E-state index in [0.29, 0.717) is 0 Å². The molecule has 0 unspecified atom stereocenters. The van der Waals surface area contributed by atoms with Gasteiger partial charge >= 0.3 is 37.7 Å². The molecule has 0 spiro atoms. The van der Waals surface area contributed by atoms with Gasteiger partial charge in [0.05, 0.1) is 0 Å². The molecule has 7 heteroatoms. The van der Waals surface area contributed by atoms with E-state index in [2.05, 4.69) is 0 Å². The van der Waals surface area contributed by atoms with Crippen LogP contribution in [0.1, 0.15) is 9.78 Å². The summed E-state index contributed by atoms with van der Waals surface area (Å²) < 4.78 is 0. The molecule has 0 aliphatic rings. The van der Waals surface area contributed by atoms with Gasteiger partial charge in [0.2, 0.25) is 0 Å². The first-order chi connectivity index (χ1) is 1.73. The van der Waals surface area contributed by atoms with E-state index in [-0.39, 0.29) is 62.5 Å². The molecule has 0 atom stereocenters. The van der Waals surface area contributed by atoms with Crippen molar-refractivity contribution in [3.63, 3.8) is 0 Å². The van der Waals surface area contributed by atoms with Crippen molar-refractivity contribution < 1.29 is 34.7 Å². The predicted octanol–water partition coefficient (Wildman–Crippen LogP) is -3.36. The van der Waals surface area contributed by atoms with Crippen LogP contribution < -0.4 is 0 Å². The van der Waals surface area contributed by atoms with Crippen LogP contribution in [-0.2, 0) is 4.79 Å². The molecule has 0 saturated heterocycles. The minimum absolute atomic E-state index is 0. The molecule has 6 nitrogen and oxygen atoms in total. The summed E-state index contributed by atoms with van der Waals surface area (Å²) in [6.45, 7) is 1.08. The normalized spacial score (nSPS) is 2.78. The maximum atomic E-state index is 9.00. The Hall–Kier alpha value is 0.570. The smallest absolute Gasteiger partial charge is 1.00 e. The van der Waals surface area contributed by atoms with E-state index in [1.165, 1.54) is 0 Å². The summed E-state index contributed by atoms with van der Waals surface area (Å²) in [5, 5.41) is 7.42. The van der Waals surface area contributed by atoms with E-state index in [1.54, 1.807) is 0 Å². The van der Waals surface area contributed by atoms with Gasteiger partial charge in [-0.3, -0.25) is 4.79 Å². The summed E-state index contributed by atoms with van der Waals surface area (Å²) in [6, 6.07) is 0. The van der Waals surface area contributed by atoms with E-state index in [1.807, 2.05) is 0 Å². The predicted molar refractivity (Wildman–Crippen MR) is 35.7 cm³/mol. The zero-order valence-corrected chi connectivity index (χ0v) is 7.27. The first-order valence-corrected chi connectivity index (χ1v) is 0.928. The molecule has 9 heavy (non-hydrogen) atoms. The van der Waals surface area contributed by atoms with Gasteiger partial charge in [0, 0.05) is 6.92 Å². The summed E-state index contributed by atoms with van der Waals surface area (Å²) in [7, 11) is 0. The molecule has 0 bridgehead atoms. The molecule has 0 aromatic heterocycles.